The summed E-state index contributed by atoms with van der Waals surface area (Å²) in [5, 5.41) is 9.52. The summed E-state index contributed by atoms with van der Waals surface area (Å²) in [7, 11) is -3.24. The third kappa shape index (κ3) is 3.66. The zero-order chi connectivity index (χ0) is 19.9. The number of aromatic nitrogens is 2. The quantitative estimate of drug-likeness (QED) is 0.725. The van der Waals surface area contributed by atoms with Gasteiger partial charge in [-0.1, -0.05) is 6.42 Å². The highest BCUT2D eigenvalue weighted by Gasteiger charge is 2.47. The lowest BCUT2D eigenvalue weighted by molar-refractivity contribution is -0.0295. The standard InChI is InChI=1S/C18H27N7O2S/c1-28(26,27)23-8-16-13-6-12(15-4-2-3-5-25(15)16)9-24(10-13)18-14(7-19)17(20)21-11-22-18/h11-13,15-16,23H,2-6,8-10H2,1H3,(H2,20,21,22)/t12-,13+,15+,16+/m1/s1. The van der Waals surface area contributed by atoms with Crippen LogP contribution in [0.15, 0.2) is 6.33 Å². The number of nitrogens with zero attached hydrogens (tertiary/aromatic N) is 5. The molecule has 0 aromatic carbocycles. The highest BCUT2D eigenvalue weighted by molar-refractivity contribution is 7.88. The SMILES string of the molecule is CS(=O)(=O)NC[C@H]1[C@H]2C[C@H](CN(c3ncnc(N)c3C#N)C2)[C@@H]2CCCCN21. The first-order valence-electron chi connectivity index (χ1n) is 9.83. The van der Waals surface area contributed by atoms with E-state index >= 15 is 0 Å². The molecule has 152 valence electrons. The average molecular weight is 406 g/mol. The van der Waals surface area contributed by atoms with Crippen LogP contribution >= 0.6 is 0 Å². The molecule has 3 aliphatic rings. The zero-order valence-electron chi connectivity index (χ0n) is 16.1. The molecule has 28 heavy (non-hydrogen) atoms. The summed E-state index contributed by atoms with van der Waals surface area (Å²) in [4.78, 5) is 13.0. The van der Waals surface area contributed by atoms with Crippen LogP contribution < -0.4 is 15.4 Å². The van der Waals surface area contributed by atoms with Crippen LogP contribution in [-0.4, -0.2) is 67.8 Å². The van der Waals surface area contributed by atoms with Crippen molar-refractivity contribution in [1.82, 2.24) is 19.6 Å². The number of nitriles is 1. The van der Waals surface area contributed by atoms with Crippen LogP contribution in [0.4, 0.5) is 11.6 Å². The molecule has 0 unspecified atom stereocenters. The minimum atomic E-state index is -3.24. The molecule has 3 saturated heterocycles. The van der Waals surface area contributed by atoms with E-state index in [1.807, 2.05) is 0 Å². The largest absolute Gasteiger partial charge is 0.382 e. The number of hydrogen-bond donors (Lipinski definition) is 2. The number of nitrogens with one attached hydrogen (secondary N) is 1. The van der Waals surface area contributed by atoms with Crippen molar-refractivity contribution in [3.8, 4) is 6.07 Å². The second-order valence-electron chi connectivity index (χ2n) is 8.22. The molecule has 0 spiro atoms. The van der Waals surface area contributed by atoms with Crippen molar-refractivity contribution in [2.45, 2.75) is 37.8 Å². The number of anilines is 2. The lowest BCUT2D eigenvalue weighted by atomic mass is 9.72. The molecule has 4 heterocycles. The van der Waals surface area contributed by atoms with Crippen LogP contribution in [0.1, 0.15) is 31.2 Å². The lowest BCUT2D eigenvalue weighted by Crippen LogP contribution is -2.65. The maximum absolute atomic E-state index is 11.7. The second kappa shape index (κ2) is 7.46. The van der Waals surface area contributed by atoms with Crippen LogP contribution in [0.25, 0.3) is 0 Å². The molecule has 3 N–H and O–H groups in total. The number of sulfonamides is 1. The predicted molar refractivity (Wildman–Crippen MR) is 106 cm³/mol. The van der Waals surface area contributed by atoms with Gasteiger partial charge in [0.1, 0.15) is 23.8 Å². The normalized spacial score (nSPS) is 30.5. The summed E-state index contributed by atoms with van der Waals surface area (Å²) in [6.45, 7) is 3.03. The van der Waals surface area contributed by atoms with E-state index in [9.17, 15) is 13.7 Å². The van der Waals surface area contributed by atoms with Crippen LogP contribution in [0, 0.1) is 23.2 Å². The average Bonchev–Trinajstić information content (AvgIpc) is 2.66. The van der Waals surface area contributed by atoms with Crippen molar-refractivity contribution < 1.29 is 8.42 Å². The minimum absolute atomic E-state index is 0.156. The van der Waals surface area contributed by atoms with Gasteiger partial charge < -0.3 is 10.6 Å². The summed E-state index contributed by atoms with van der Waals surface area (Å²) in [5.74, 6) is 1.60. The Balaban J connectivity index is 1.63. The van der Waals surface area contributed by atoms with Crippen molar-refractivity contribution in [3.63, 3.8) is 0 Å². The van der Waals surface area contributed by atoms with E-state index in [1.165, 1.54) is 19.0 Å². The molecule has 0 saturated carbocycles. The summed E-state index contributed by atoms with van der Waals surface area (Å²) >= 11 is 0. The summed E-state index contributed by atoms with van der Waals surface area (Å²) in [6.07, 6.45) is 7.20. The van der Waals surface area contributed by atoms with E-state index in [-0.39, 0.29) is 11.9 Å². The molecule has 0 amide bonds. The Kier molecular flexibility index (Phi) is 5.16. The van der Waals surface area contributed by atoms with E-state index in [0.717, 1.165) is 38.9 Å². The first-order chi connectivity index (χ1) is 13.4. The number of hydrogen-bond acceptors (Lipinski definition) is 8. The first kappa shape index (κ1) is 19.4. The summed E-state index contributed by atoms with van der Waals surface area (Å²) < 4.78 is 26.1. The Morgan fingerprint density at radius 3 is 2.86 bits per heavy atom. The molecular formula is C18H27N7O2S. The third-order valence-corrected chi connectivity index (χ3v) is 7.14. The lowest BCUT2D eigenvalue weighted by Gasteiger charge is -2.57. The Morgan fingerprint density at radius 1 is 1.32 bits per heavy atom. The molecule has 2 bridgehead atoms. The molecule has 3 fully saturated rings. The Labute approximate surface area is 166 Å². The Morgan fingerprint density at radius 2 is 2.11 bits per heavy atom. The second-order valence-corrected chi connectivity index (χ2v) is 10.1. The van der Waals surface area contributed by atoms with Crippen molar-refractivity contribution in [1.29, 1.82) is 5.26 Å². The summed E-state index contributed by atoms with van der Waals surface area (Å²) in [5.41, 5.74) is 6.23. The fourth-order valence-corrected chi connectivity index (χ4v) is 5.81. The smallest absolute Gasteiger partial charge is 0.208 e. The fraction of sp³-hybridized carbons (Fsp3) is 0.722. The molecule has 1 aromatic rings. The molecule has 4 rings (SSSR count). The predicted octanol–water partition coefficient (Wildman–Crippen LogP) is 0.159. The number of nitrogens with two attached hydrogens (primary N) is 1. The molecule has 9 nitrogen and oxygen atoms in total. The van der Waals surface area contributed by atoms with Gasteiger partial charge in [-0.2, -0.15) is 5.26 Å². The third-order valence-electron chi connectivity index (χ3n) is 6.44. The Bertz CT molecular complexity index is 884. The molecule has 4 atom stereocenters. The van der Waals surface area contributed by atoms with E-state index in [4.69, 9.17) is 5.73 Å². The van der Waals surface area contributed by atoms with Gasteiger partial charge in [-0.15, -0.1) is 0 Å². The van der Waals surface area contributed by atoms with Crippen molar-refractivity contribution >= 4 is 21.7 Å². The van der Waals surface area contributed by atoms with Gasteiger partial charge in [-0.3, -0.25) is 4.90 Å². The fourth-order valence-electron chi connectivity index (χ4n) is 5.33. The van der Waals surface area contributed by atoms with Crippen LogP contribution in [0.2, 0.25) is 0 Å². The van der Waals surface area contributed by atoms with E-state index < -0.39 is 10.0 Å². The van der Waals surface area contributed by atoms with Crippen molar-refractivity contribution in [2.75, 3.05) is 43.1 Å². The topological polar surface area (TPSA) is 128 Å². The van der Waals surface area contributed by atoms with E-state index in [2.05, 4.69) is 30.6 Å². The Hall–Kier alpha value is -1.96. The number of rotatable bonds is 4. The van der Waals surface area contributed by atoms with Gasteiger partial charge >= 0.3 is 0 Å². The van der Waals surface area contributed by atoms with E-state index in [0.29, 0.717) is 35.8 Å². The maximum Gasteiger partial charge on any atom is 0.208 e. The number of piperidine rings is 3. The van der Waals surface area contributed by atoms with Crippen LogP contribution in [-0.2, 0) is 10.0 Å². The highest BCUT2D eigenvalue weighted by atomic mass is 32.2. The van der Waals surface area contributed by atoms with Crippen LogP contribution in [0.3, 0.4) is 0 Å². The molecule has 10 heteroatoms. The monoisotopic (exact) mass is 405 g/mol. The number of nitrogen functional groups attached to an aromatic ring is 1. The minimum Gasteiger partial charge on any atom is -0.382 e. The highest BCUT2D eigenvalue weighted by Crippen LogP contribution is 2.42. The van der Waals surface area contributed by atoms with Gasteiger partial charge in [0.15, 0.2) is 5.82 Å². The molecule has 3 aliphatic heterocycles. The number of fused-ring (bicyclic) bond motifs is 4. The molecule has 0 aliphatic carbocycles. The van der Waals surface area contributed by atoms with Gasteiger partial charge in [0.05, 0.1) is 6.26 Å². The van der Waals surface area contributed by atoms with E-state index in [1.54, 1.807) is 0 Å². The van der Waals surface area contributed by atoms with Gasteiger partial charge in [0.2, 0.25) is 10.0 Å². The van der Waals surface area contributed by atoms with Gasteiger partial charge in [0, 0.05) is 31.7 Å². The van der Waals surface area contributed by atoms with Gasteiger partial charge in [0.25, 0.3) is 0 Å². The summed E-state index contributed by atoms with van der Waals surface area (Å²) in [6, 6.07) is 2.75. The maximum atomic E-state index is 11.7. The molecule has 1 aromatic heterocycles. The molecule has 0 radical (unpaired) electrons. The van der Waals surface area contributed by atoms with Crippen molar-refractivity contribution in [2.24, 2.45) is 11.8 Å². The van der Waals surface area contributed by atoms with Gasteiger partial charge in [-0.05, 0) is 37.6 Å². The molecular weight excluding hydrogens is 378 g/mol. The first-order valence-corrected chi connectivity index (χ1v) is 11.7. The zero-order valence-corrected chi connectivity index (χ0v) is 16.9. The van der Waals surface area contributed by atoms with Crippen molar-refractivity contribution in [3.05, 3.63) is 11.9 Å². The van der Waals surface area contributed by atoms with Gasteiger partial charge in [-0.25, -0.2) is 23.1 Å². The van der Waals surface area contributed by atoms with Crippen LogP contribution in [0.5, 0.6) is 0 Å².